The molecule has 0 amide bonds. The summed E-state index contributed by atoms with van der Waals surface area (Å²) in [7, 11) is -3.26. The first-order valence-corrected chi connectivity index (χ1v) is 8.88. The van der Waals surface area contributed by atoms with Gasteiger partial charge in [-0.3, -0.25) is 4.79 Å². The van der Waals surface area contributed by atoms with Gasteiger partial charge in [0.05, 0.1) is 18.2 Å². The van der Waals surface area contributed by atoms with Gasteiger partial charge in [-0.1, -0.05) is 19.8 Å². The van der Waals surface area contributed by atoms with E-state index < -0.39 is 27.1 Å². The summed E-state index contributed by atoms with van der Waals surface area (Å²) in [6.07, 6.45) is 3.22. The van der Waals surface area contributed by atoms with E-state index in [9.17, 15) is 13.2 Å². The second kappa shape index (κ2) is 6.50. The van der Waals surface area contributed by atoms with Crippen molar-refractivity contribution in [1.82, 2.24) is 20.2 Å². The predicted molar refractivity (Wildman–Crippen MR) is 74.4 cm³/mol. The standard InChI is InChI=1S/C12H20N4O4S/c1-2-5-9(8-11(17)18)16-12(13-14-15-16)10-6-3-4-7-21(10,19)20/h9-10H,2-8H2,1H3,(H,17,18). The molecule has 21 heavy (non-hydrogen) atoms. The Hall–Kier alpha value is -1.51. The Morgan fingerprint density at radius 3 is 2.86 bits per heavy atom. The normalized spacial score (nSPS) is 22.8. The molecule has 1 N–H and O–H groups in total. The van der Waals surface area contributed by atoms with Crippen molar-refractivity contribution >= 4 is 15.8 Å². The third-order valence-electron chi connectivity index (χ3n) is 3.76. The van der Waals surface area contributed by atoms with E-state index in [-0.39, 0.29) is 18.0 Å². The lowest BCUT2D eigenvalue weighted by Crippen LogP contribution is -2.27. The van der Waals surface area contributed by atoms with Crippen LogP contribution in [0.3, 0.4) is 0 Å². The van der Waals surface area contributed by atoms with Gasteiger partial charge in [-0.2, -0.15) is 0 Å². The predicted octanol–water partition coefficient (Wildman–Crippen LogP) is 1.13. The number of hydrogen-bond donors (Lipinski definition) is 1. The Bertz CT molecular complexity index is 598. The number of aliphatic carboxylic acids is 1. The molecule has 1 aromatic rings. The maximum atomic E-state index is 12.2. The number of carboxylic acids is 1. The van der Waals surface area contributed by atoms with E-state index in [0.29, 0.717) is 19.3 Å². The first-order chi connectivity index (χ1) is 9.95. The van der Waals surface area contributed by atoms with Crippen LogP contribution in [0.5, 0.6) is 0 Å². The molecule has 0 aromatic carbocycles. The summed E-state index contributed by atoms with van der Waals surface area (Å²) in [6, 6.07) is -0.408. The summed E-state index contributed by atoms with van der Waals surface area (Å²) in [6.45, 7) is 1.94. The molecule has 2 unspecified atom stereocenters. The van der Waals surface area contributed by atoms with Crippen LogP contribution in [0.1, 0.15) is 62.6 Å². The molecule has 9 heteroatoms. The van der Waals surface area contributed by atoms with Gasteiger partial charge in [0.25, 0.3) is 0 Å². The Labute approximate surface area is 123 Å². The fourth-order valence-corrected chi connectivity index (χ4v) is 4.66. The number of nitrogens with zero attached hydrogens (tertiary/aromatic N) is 4. The third kappa shape index (κ3) is 3.58. The van der Waals surface area contributed by atoms with Gasteiger partial charge in [-0.25, -0.2) is 13.1 Å². The average Bonchev–Trinajstić information content (AvgIpc) is 2.86. The van der Waals surface area contributed by atoms with Crippen molar-refractivity contribution in [2.75, 3.05) is 5.75 Å². The topological polar surface area (TPSA) is 115 Å². The molecule has 2 atom stereocenters. The highest BCUT2D eigenvalue weighted by Gasteiger charge is 2.36. The van der Waals surface area contributed by atoms with Gasteiger partial charge in [-0.05, 0) is 29.7 Å². The van der Waals surface area contributed by atoms with Crippen LogP contribution in [0, 0.1) is 0 Å². The van der Waals surface area contributed by atoms with Gasteiger partial charge in [0.1, 0.15) is 5.25 Å². The highest BCUT2D eigenvalue weighted by molar-refractivity contribution is 7.91. The maximum absolute atomic E-state index is 12.2. The van der Waals surface area contributed by atoms with Crippen molar-refractivity contribution in [1.29, 1.82) is 0 Å². The second-order valence-corrected chi connectivity index (χ2v) is 7.68. The fourth-order valence-electron chi connectivity index (χ4n) is 2.76. The number of carbonyl (C=O) groups is 1. The third-order valence-corrected chi connectivity index (χ3v) is 5.93. The molecule has 0 spiro atoms. The number of hydrogen-bond acceptors (Lipinski definition) is 6. The highest BCUT2D eigenvalue weighted by Crippen LogP contribution is 2.33. The van der Waals surface area contributed by atoms with E-state index in [4.69, 9.17) is 5.11 Å². The molecule has 2 rings (SSSR count). The van der Waals surface area contributed by atoms with Crippen LogP contribution in [0.15, 0.2) is 0 Å². The Morgan fingerprint density at radius 2 is 2.24 bits per heavy atom. The van der Waals surface area contributed by atoms with Crippen LogP contribution < -0.4 is 0 Å². The average molecular weight is 316 g/mol. The second-order valence-electron chi connectivity index (χ2n) is 5.37. The van der Waals surface area contributed by atoms with Crippen molar-refractivity contribution in [3.8, 4) is 0 Å². The lowest BCUT2D eigenvalue weighted by atomic mass is 10.1. The molecule has 8 nitrogen and oxygen atoms in total. The number of aromatic nitrogens is 4. The molecule has 1 aliphatic rings. The molecule has 118 valence electrons. The molecule has 1 saturated heterocycles. The van der Waals surface area contributed by atoms with Crippen molar-refractivity contribution in [3.63, 3.8) is 0 Å². The molecular formula is C12H20N4O4S. The molecule has 1 fully saturated rings. The van der Waals surface area contributed by atoms with E-state index in [0.717, 1.165) is 12.8 Å². The van der Waals surface area contributed by atoms with E-state index in [2.05, 4.69) is 15.5 Å². The van der Waals surface area contributed by atoms with Gasteiger partial charge in [-0.15, -0.1) is 5.10 Å². The Balaban J connectivity index is 2.34. The number of tetrazole rings is 1. The van der Waals surface area contributed by atoms with E-state index in [1.165, 1.54) is 4.68 Å². The monoisotopic (exact) mass is 316 g/mol. The van der Waals surface area contributed by atoms with Crippen molar-refractivity contribution < 1.29 is 18.3 Å². The zero-order valence-corrected chi connectivity index (χ0v) is 12.8. The summed E-state index contributed by atoms with van der Waals surface area (Å²) in [5.74, 6) is -0.516. The lowest BCUT2D eigenvalue weighted by molar-refractivity contribution is -0.138. The largest absolute Gasteiger partial charge is 0.481 e. The minimum atomic E-state index is -3.26. The Kier molecular flexibility index (Phi) is 4.92. The number of carboxylic acid groups (broad SMARTS) is 1. The first-order valence-electron chi connectivity index (χ1n) is 7.16. The van der Waals surface area contributed by atoms with Crippen molar-refractivity contribution in [3.05, 3.63) is 5.82 Å². The van der Waals surface area contributed by atoms with Gasteiger partial charge in [0.2, 0.25) is 0 Å². The van der Waals surface area contributed by atoms with Gasteiger partial charge < -0.3 is 5.11 Å². The summed E-state index contributed by atoms with van der Waals surface area (Å²) in [5, 5.41) is 19.6. The molecule has 0 bridgehead atoms. The van der Waals surface area contributed by atoms with Crippen LogP contribution in [-0.2, 0) is 14.6 Å². The zero-order valence-electron chi connectivity index (χ0n) is 12.0. The van der Waals surface area contributed by atoms with Crippen LogP contribution in [-0.4, -0.2) is 45.5 Å². The SMILES string of the molecule is CCCC(CC(=O)O)n1nnnc1C1CCCCS1(=O)=O. The highest BCUT2D eigenvalue weighted by atomic mass is 32.2. The van der Waals surface area contributed by atoms with E-state index >= 15 is 0 Å². The zero-order chi connectivity index (χ0) is 15.5. The summed E-state index contributed by atoms with van der Waals surface area (Å²) in [5.41, 5.74) is 0. The Morgan fingerprint density at radius 1 is 1.48 bits per heavy atom. The van der Waals surface area contributed by atoms with Crippen LogP contribution >= 0.6 is 0 Å². The van der Waals surface area contributed by atoms with E-state index in [1.807, 2.05) is 6.92 Å². The molecule has 0 aliphatic carbocycles. The van der Waals surface area contributed by atoms with Crippen molar-refractivity contribution in [2.45, 2.75) is 56.7 Å². The fraction of sp³-hybridized carbons (Fsp3) is 0.833. The molecule has 2 heterocycles. The quantitative estimate of drug-likeness (QED) is 0.836. The first kappa shape index (κ1) is 15.9. The molecule has 0 radical (unpaired) electrons. The smallest absolute Gasteiger partial charge is 0.305 e. The molecular weight excluding hydrogens is 296 g/mol. The van der Waals surface area contributed by atoms with Crippen LogP contribution in [0.4, 0.5) is 0 Å². The lowest BCUT2D eigenvalue weighted by Gasteiger charge is -2.23. The van der Waals surface area contributed by atoms with Crippen molar-refractivity contribution in [2.24, 2.45) is 0 Å². The molecule has 1 aromatic heterocycles. The van der Waals surface area contributed by atoms with E-state index in [1.54, 1.807) is 0 Å². The maximum Gasteiger partial charge on any atom is 0.305 e. The number of rotatable bonds is 6. The minimum absolute atomic E-state index is 0.112. The number of sulfone groups is 1. The van der Waals surface area contributed by atoms with Crippen LogP contribution in [0.25, 0.3) is 0 Å². The molecule has 1 aliphatic heterocycles. The minimum Gasteiger partial charge on any atom is -0.481 e. The summed E-state index contributed by atoms with van der Waals surface area (Å²) >= 11 is 0. The van der Waals surface area contributed by atoms with Crippen LogP contribution in [0.2, 0.25) is 0 Å². The van der Waals surface area contributed by atoms with Gasteiger partial charge >= 0.3 is 5.97 Å². The van der Waals surface area contributed by atoms with Gasteiger partial charge in [0, 0.05) is 0 Å². The van der Waals surface area contributed by atoms with Gasteiger partial charge in [0.15, 0.2) is 15.7 Å². The summed E-state index contributed by atoms with van der Waals surface area (Å²) < 4.78 is 25.8. The summed E-state index contributed by atoms with van der Waals surface area (Å²) in [4.78, 5) is 11.0. The molecule has 0 saturated carbocycles.